The molecule has 0 radical (unpaired) electrons. The summed E-state index contributed by atoms with van der Waals surface area (Å²) in [5, 5.41) is 0. The SMILES string of the molecule is CN1CCCC1c1cnc(CN)nc1. The van der Waals surface area contributed by atoms with Crippen LogP contribution < -0.4 is 5.73 Å². The molecule has 1 aliphatic heterocycles. The Bertz CT molecular complexity index is 295. The molecule has 1 aromatic heterocycles. The van der Waals surface area contributed by atoms with E-state index in [0.29, 0.717) is 12.6 Å². The van der Waals surface area contributed by atoms with Gasteiger partial charge < -0.3 is 5.73 Å². The first-order valence-corrected chi connectivity index (χ1v) is 5.02. The Labute approximate surface area is 84.2 Å². The molecule has 0 aromatic carbocycles. The van der Waals surface area contributed by atoms with E-state index in [1.165, 1.54) is 24.9 Å². The second-order valence-electron chi connectivity index (χ2n) is 3.78. The number of likely N-dealkylation sites (tertiary alicyclic amines) is 1. The van der Waals surface area contributed by atoms with Crippen LogP contribution >= 0.6 is 0 Å². The van der Waals surface area contributed by atoms with Crippen LogP contribution in [0.5, 0.6) is 0 Å². The van der Waals surface area contributed by atoms with Crippen molar-refractivity contribution in [1.29, 1.82) is 0 Å². The number of hydrogen-bond acceptors (Lipinski definition) is 4. The Balaban J connectivity index is 2.16. The quantitative estimate of drug-likeness (QED) is 0.749. The Hall–Kier alpha value is -1.00. The van der Waals surface area contributed by atoms with E-state index >= 15 is 0 Å². The molecule has 1 atom stereocenters. The van der Waals surface area contributed by atoms with E-state index in [9.17, 15) is 0 Å². The van der Waals surface area contributed by atoms with Gasteiger partial charge in [-0.3, -0.25) is 4.90 Å². The molecule has 1 aromatic rings. The lowest BCUT2D eigenvalue weighted by Crippen LogP contribution is -2.18. The molecule has 0 aliphatic carbocycles. The van der Waals surface area contributed by atoms with E-state index in [4.69, 9.17) is 5.73 Å². The molecule has 0 amide bonds. The third-order valence-electron chi connectivity index (χ3n) is 2.81. The van der Waals surface area contributed by atoms with Crippen molar-refractivity contribution in [3.63, 3.8) is 0 Å². The number of aromatic nitrogens is 2. The van der Waals surface area contributed by atoms with Crippen molar-refractivity contribution < 1.29 is 0 Å². The van der Waals surface area contributed by atoms with Gasteiger partial charge in [-0.05, 0) is 26.4 Å². The Morgan fingerprint density at radius 1 is 1.50 bits per heavy atom. The molecule has 2 heterocycles. The Kier molecular flexibility index (Phi) is 2.74. The van der Waals surface area contributed by atoms with Gasteiger partial charge in [-0.1, -0.05) is 0 Å². The molecule has 0 spiro atoms. The minimum atomic E-state index is 0.417. The summed E-state index contributed by atoms with van der Waals surface area (Å²) in [6.07, 6.45) is 6.28. The molecule has 0 saturated carbocycles. The molecule has 4 heteroatoms. The largest absolute Gasteiger partial charge is 0.324 e. The lowest BCUT2D eigenvalue weighted by atomic mass is 10.1. The molecule has 14 heavy (non-hydrogen) atoms. The van der Waals surface area contributed by atoms with Crippen LogP contribution in [0.2, 0.25) is 0 Å². The topological polar surface area (TPSA) is 55.0 Å². The summed E-state index contributed by atoms with van der Waals surface area (Å²) in [6, 6.07) is 0.502. The van der Waals surface area contributed by atoms with Crippen molar-refractivity contribution in [2.75, 3.05) is 13.6 Å². The maximum absolute atomic E-state index is 5.45. The monoisotopic (exact) mass is 192 g/mol. The van der Waals surface area contributed by atoms with Crippen molar-refractivity contribution in [3.05, 3.63) is 23.8 Å². The second kappa shape index (κ2) is 4.02. The zero-order valence-corrected chi connectivity index (χ0v) is 8.48. The molecule has 1 aliphatic rings. The van der Waals surface area contributed by atoms with Gasteiger partial charge in [-0.2, -0.15) is 0 Å². The minimum absolute atomic E-state index is 0.417. The summed E-state index contributed by atoms with van der Waals surface area (Å²) in [6.45, 7) is 1.59. The molecule has 4 nitrogen and oxygen atoms in total. The molecular weight excluding hydrogens is 176 g/mol. The number of nitrogens with zero attached hydrogens (tertiary/aromatic N) is 3. The normalized spacial score (nSPS) is 22.9. The van der Waals surface area contributed by atoms with Crippen LogP contribution in [-0.4, -0.2) is 28.5 Å². The molecule has 1 unspecified atom stereocenters. The molecular formula is C10H16N4. The van der Waals surface area contributed by atoms with Crippen molar-refractivity contribution >= 4 is 0 Å². The first kappa shape index (κ1) is 9.55. The summed E-state index contributed by atoms with van der Waals surface area (Å²) >= 11 is 0. The van der Waals surface area contributed by atoms with E-state index in [1.54, 1.807) is 0 Å². The predicted molar refractivity (Wildman–Crippen MR) is 54.5 cm³/mol. The first-order chi connectivity index (χ1) is 6.81. The maximum Gasteiger partial charge on any atom is 0.141 e. The highest BCUT2D eigenvalue weighted by Crippen LogP contribution is 2.29. The highest BCUT2D eigenvalue weighted by Gasteiger charge is 2.22. The summed E-state index contributed by atoms with van der Waals surface area (Å²) < 4.78 is 0. The molecule has 1 fully saturated rings. The number of hydrogen-bond donors (Lipinski definition) is 1. The average molecular weight is 192 g/mol. The molecule has 0 bridgehead atoms. The van der Waals surface area contributed by atoms with Crippen molar-refractivity contribution in [2.24, 2.45) is 5.73 Å². The summed E-state index contributed by atoms with van der Waals surface area (Å²) in [7, 11) is 2.15. The van der Waals surface area contributed by atoms with E-state index in [-0.39, 0.29) is 0 Å². The smallest absolute Gasteiger partial charge is 0.141 e. The number of rotatable bonds is 2. The van der Waals surface area contributed by atoms with Crippen LogP contribution in [0.3, 0.4) is 0 Å². The van der Waals surface area contributed by atoms with E-state index in [0.717, 1.165) is 5.82 Å². The van der Waals surface area contributed by atoms with Gasteiger partial charge >= 0.3 is 0 Å². The fourth-order valence-electron chi connectivity index (χ4n) is 1.97. The van der Waals surface area contributed by atoms with Gasteiger partial charge in [0.25, 0.3) is 0 Å². The molecule has 2 N–H and O–H groups in total. The third-order valence-corrected chi connectivity index (χ3v) is 2.81. The van der Waals surface area contributed by atoms with Gasteiger partial charge in [0.05, 0.1) is 6.54 Å². The van der Waals surface area contributed by atoms with Crippen molar-refractivity contribution in [2.45, 2.75) is 25.4 Å². The van der Waals surface area contributed by atoms with Gasteiger partial charge in [-0.25, -0.2) is 9.97 Å². The highest BCUT2D eigenvalue weighted by molar-refractivity contribution is 5.12. The lowest BCUT2D eigenvalue weighted by Gasteiger charge is -2.18. The fourth-order valence-corrected chi connectivity index (χ4v) is 1.97. The second-order valence-corrected chi connectivity index (χ2v) is 3.78. The van der Waals surface area contributed by atoms with E-state index in [1.807, 2.05) is 12.4 Å². The standard InChI is InChI=1S/C10H16N4/c1-14-4-2-3-9(14)8-6-12-10(5-11)13-7-8/h6-7,9H,2-5,11H2,1H3. The highest BCUT2D eigenvalue weighted by atomic mass is 15.1. The Morgan fingerprint density at radius 2 is 2.21 bits per heavy atom. The van der Waals surface area contributed by atoms with Crippen LogP contribution in [-0.2, 0) is 6.54 Å². The summed E-state index contributed by atoms with van der Waals surface area (Å²) in [5.41, 5.74) is 6.66. The average Bonchev–Trinajstić information content (AvgIpc) is 2.65. The van der Waals surface area contributed by atoms with Gasteiger partial charge in [0, 0.05) is 24.0 Å². The van der Waals surface area contributed by atoms with Gasteiger partial charge in [0.1, 0.15) is 5.82 Å². The molecule has 2 rings (SSSR count). The van der Waals surface area contributed by atoms with Crippen LogP contribution in [0.25, 0.3) is 0 Å². The van der Waals surface area contributed by atoms with Gasteiger partial charge in [0.15, 0.2) is 0 Å². The predicted octanol–water partition coefficient (Wildman–Crippen LogP) is 0.702. The van der Waals surface area contributed by atoms with Crippen LogP contribution in [0, 0.1) is 0 Å². The zero-order chi connectivity index (χ0) is 9.97. The minimum Gasteiger partial charge on any atom is -0.324 e. The number of nitrogens with two attached hydrogens (primary N) is 1. The lowest BCUT2D eigenvalue weighted by molar-refractivity contribution is 0.316. The van der Waals surface area contributed by atoms with Crippen LogP contribution in [0.1, 0.15) is 30.3 Å². The van der Waals surface area contributed by atoms with Crippen molar-refractivity contribution in [1.82, 2.24) is 14.9 Å². The third kappa shape index (κ3) is 1.76. The van der Waals surface area contributed by atoms with Crippen LogP contribution in [0.15, 0.2) is 12.4 Å². The molecule has 76 valence electrons. The fraction of sp³-hybridized carbons (Fsp3) is 0.600. The molecule has 1 saturated heterocycles. The van der Waals surface area contributed by atoms with Gasteiger partial charge in [0.2, 0.25) is 0 Å². The van der Waals surface area contributed by atoms with Crippen LogP contribution in [0.4, 0.5) is 0 Å². The van der Waals surface area contributed by atoms with E-state index < -0.39 is 0 Å². The van der Waals surface area contributed by atoms with Gasteiger partial charge in [-0.15, -0.1) is 0 Å². The van der Waals surface area contributed by atoms with Crippen molar-refractivity contribution in [3.8, 4) is 0 Å². The van der Waals surface area contributed by atoms with E-state index in [2.05, 4.69) is 21.9 Å². The Morgan fingerprint density at radius 3 is 2.71 bits per heavy atom. The maximum atomic E-state index is 5.45. The first-order valence-electron chi connectivity index (χ1n) is 5.02. The zero-order valence-electron chi connectivity index (χ0n) is 8.48. The summed E-state index contributed by atoms with van der Waals surface area (Å²) in [4.78, 5) is 10.8. The summed E-state index contributed by atoms with van der Waals surface area (Å²) in [5.74, 6) is 0.717.